The number of fused-ring (bicyclic) bond motifs is 1. The van der Waals surface area contributed by atoms with Gasteiger partial charge in [-0.25, -0.2) is 0 Å². The first kappa shape index (κ1) is 14.4. The van der Waals surface area contributed by atoms with Crippen molar-refractivity contribution >= 4 is 39.6 Å². The number of pyridine rings is 1. The molecule has 0 spiro atoms. The van der Waals surface area contributed by atoms with Gasteiger partial charge < -0.3 is 5.73 Å². The summed E-state index contributed by atoms with van der Waals surface area (Å²) in [4.78, 5) is 4.31. The van der Waals surface area contributed by atoms with Gasteiger partial charge >= 0.3 is 0 Å². The highest BCUT2D eigenvalue weighted by Gasteiger charge is 2.03. The summed E-state index contributed by atoms with van der Waals surface area (Å²) >= 11 is 5.99. The number of anilines is 2. The summed E-state index contributed by atoms with van der Waals surface area (Å²) < 4.78 is 0. The van der Waals surface area contributed by atoms with E-state index in [1.165, 1.54) is 0 Å². The van der Waals surface area contributed by atoms with Crippen LogP contribution in [0.2, 0.25) is 5.02 Å². The van der Waals surface area contributed by atoms with Crippen LogP contribution in [0.5, 0.6) is 0 Å². The van der Waals surface area contributed by atoms with Gasteiger partial charge in [-0.3, -0.25) is 10.4 Å². The van der Waals surface area contributed by atoms with Crippen LogP contribution in [0.15, 0.2) is 59.8 Å². The highest BCUT2D eigenvalue weighted by molar-refractivity contribution is 6.31. The van der Waals surface area contributed by atoms with Crippen LogP contribution in [0.1, 0.15) is 12.5 Å². The van der Waals surface area contributed by atoms with E-state index in [-0.39, 0.29) is 0 Å². The fraction of sp³-hybridized carbons (Fsp3) is 0.0588. The molecule has 0 fully saturated rings. The van der Waals surface area contributed by atoms with Crippen molar-refractivity contribution < 1.29 is 0 Å². The Labute approximate surface area is 133 Å². The van der Waals surface area contributed by atoms with Crippen molar-refractivity contribution in [3.63, 3.8) is 0 Å². The maximum Gasteiger partial charge on any atom is 0.0738 e. The van der Waals surface area contributed by atoms with Gasteiger partial charge in [-0.2, -0.15) is 5.10 Å². The molecule has 2 aromatic carbocycles. The number of nitrogen functional groups attached to an aromatic ring is 1. The Morgan fingerprint density at radius 3 is 2.86 bits per heavy atom. The zero-order chi connectivity index (χ0) is 15.5. The zero-order valence-corrected chi connectivity index (χ0v) is 12.8. The van der Waals surface area contributed by atoms with Crippen LogP contribution < -0.4 is 11.2 Å². The number of benzene rings is 2. The van der Waals surface area contributed by atoms with E-state index in [4.69, 9.17) is 17.3 Å². The molecule has 110 valence electrons. The van der Waals surface area contributed by atoms with Crippen LogP contribution in [0.4, 0.5) is 11.4 Å². The van der Waals surface area contributed by atoms with Gasteiger partial charge in [0.05, 0.1) is 16.9 Å². The number of rotatable bonds is 3. The first-order valence-corrected chi connectivity index (χ1v) is 7.22. The Morgan fingerprint density at radius 2 is 2.05 bits per heavy atom. The third-order valence-electron chi connectivity index (χ3n) is 3.35. The van der Waals surface area contributed by atoms with Crippen LogP contribution in [-0.2, 0) is 0 Å². The SMILES string of the molecule is C/C(=N/Nc1ccnc2cc(Cl)ccc12)c1cccc(N)c1. The molecule has 0 saturated heterocycles. The fourth-order valence-corrected chi connectivity index (χ4v) is 2.36. The largest absolute Gasteiger partial charge is 0.399 e. The Kier molecular flexibility index (Phi) is 3.94. The lowest BCUT2D eigenvalue weighted by atomic mass is 10.1. The summed E-state index contributed by atoms with van der Waals surface area (Å²) in [6.07, 6.45) is 1.73. The van der Waals surface area contributed by atoms with Crippen molar-refractivity contribution in [2.45, 2.75) is 6.92 Å². The number of aromatic nitrogens is 1. The average molecular weight is 311 g/mol. The van der Waals surface area contributed by atoms with Gasteiger partial charge in [0.15, 0.2) is 0 Å². The van der Waals surface area contributed by atoms with E-state index in [0.29, 0.717) is 5.02 Å². The normalized spacial score (nSPS) is 11.6. The summed E-state index contributed by atoms with van der Waals surface area (Å²) in [5.74, 6) is 0. The number of hydrogen-bond donors (Lipinski definition) is 2. The van der Waals surface area contributed by atoms with E-state index in [0.717, 1.165) is 33.6 Å². The van der Waals surface area contributed by atoms with Crippen molar-refractivity contribution in [3.05, 3.63) is 65.3 Å². The van der Waals surface area contributed by atoms with Gasteiger partial charge in [0, 0.05) is 22.3 Å². The van der Waals surface area contributed by atoms with Gasteiger partial charge in [0.1, 0.15) is 0 Å². The Morgan fingerprint density at radius 1 is 1.18 bits per heavy atom. The second kappa shape index (κ2) is 6.03. The standard InChI is InChI=1S/C17H15ClN4/c1-11(12-3-2-4-14(19)9-12)21-22-16-7-8-20-17-10-13(18)5-6-15(16)17/h2-10H,19H2,1H3,(H,20,22)/b21-11-. The van der Waals surface area contributed by atoms with Gasteiger partial charge in [-0.1, -0.05) is 23.7 Å². The molecule has 5 heteroatoms. The summed E-state index contributed by atoms with van der Waals surface area (Å²) in [7, 11) is 0. The van der Waals surface area contributed by atoms with Crippen LogP contribution in [0, 0.1) is 0 Å². The molecule has 0 aliphatic rings. The van der Waals surface area contributed by atoms with E-state index in [2.05, 4.69) is 15.5 Å². The minimum absolute atomic E-state index is 0.664. The smallest absolute Gasteiger partial charge is 0.0738 e. The molecule has 0 unspecified atom stereocenters. The van der Waals surface area contributed by atoms with Gasteiger partial charge in [-0.05, 0) is 48.9 Å². The quantitative estimate of drug-likeness (QED) is 0.430. The van der Waals surface area contributed by atoms with Crippen LogP contribution in [0.25, 0.3) is 10.9 Å². The molecule has 1 aromatic heterocycles. The maximum atomic E-state index is 5.99. The Bertz CT molecular complexity index is 858. The first-order chi connectivity index (χ1) is 10.6. The van der Waals surface area contributed by atoms with Crippen molar-refractivity contribution in [1.82, 2.24) is 4.98 Å². The average Bonchev–Trinajstić information content (AvgIpc) is 2.52. The second-order valence-electron chi connectivity index (χ2n) is 4.95. The lowest BCUT2D eigenvalue weighted by Gasteiger charge is -2.07. The maximum absolute atomic E-state index is 5.99. The van der Waals surface area contributed by atoms with Crippen LogP contribution in [0.3, 0.4) is 0 Å². The summed E-state index contributed by atoms with van der Waals surface area (Å²) in [6, 6.07) is 15.1. The molecule has 3 N–H and O–H groups in total. The van der Waals surface area contributed by atoms with E-state index < -0.39 is 0 Å². The van der Waals surface area contributed by atoms with E-state index in [1.54, 1.807) is 6.20 Å². The number of hydrazone groups is 1. The minimum atomic E-state index is 0.664. The molecule has 0 amide bonds. The molecule has 0 saturated carbocycles. The van der Waals surface area contributed by atoms with Crippen molar-refractivity contribution in [2.75, 3.05) is 11.2 Å². The molecular weight excluding hydrogens is 296 g/mol. The van der Waals surface area contributed by atoms with Gasteiger partial charge in [0.2, 0.25) is 0 Å². The predicted octanol–water partition coefficient (Wildman–Crippen LogP) is 4.31. The molecular formula is C17H15ClN4. The summed E-state index contributed by atoms with van der Waals surface area (Å²) in [5, 5.41) is 6.06. The monoisotopic (exact) mass is 310 g/mol. The minimum Gasteiger partial charge on any atom is -0.399 e. The zero-order valence-electron chi connectivity index (χ0n) is 12.0. The van der Waals surface area contributed by atoms with E-state index in [9.17, 15) is 0 Å². The second-order valence-corrected chi connectivity index (χ2v) is 5.39. The molecule has 3 aromatic rings. The Balaban J connectivity index is 1.92. The topological polar surface area (TPSA) is 63.3 Å². The fourth-order valence-electron chi connectivity index (χ4n) is 2.19. The lowest BCUT2D eigenvalue weighted by Crippen LogP contribution is -2.01. The predicted molar refractivity (Wildman–Crippen MR) is 93.4 cm³/mol. The van der Waals surface area contributed by atoms with Crippen LogP contribution in [-0.4, -0.2) is 10.7 Å². The molecule has 3 rings (SSSR count). The first-order valence-electron chi connectivity index (χ1n) is 6.84. The Hall–Kier alpha value is -2.59. The van der Waals surface area contributed by atoms with Crippen molar-refractivity contribution in [1.29, 1.82) is 0 Å². The third-order valence-corrected chi connectivity index (χ3v) is 3.59. The highest BCUT2D eigenvalue weighted by Crippen LogP contribution is 2.24. The summed E-state index contributed by atoms with van der Waals surface area (Å²) in [6.45, 7) is 1.93. The number of hydrogen-bond acceptors (Lipinski definition) is 4. The molecule has 0 bridgehead atoms. The highest BCUT2D eigenvalue weighted by atomic mass is 35.5. The number of halogens is 1. The van der Waals surface area contributed by atoms with Crippen LogP contribution >= 0.6 is 11.6 Å². The molecule has 0 aliphatic heterocycles. The van der Waals surface area contributed by atoms with Gasteiger partial charge in [-0.15, -0.1) is 0 Å². The third kappa shape index (κ3) is 3.02. The number of nitrogens with zero attached hydrogens (tertiary/aromatic N) is 2. The van der Waals surface area contributed by atoms with Gasteiger partial charge in [0.25, 0.3) is 0 Å². The molecule has 4 nitrogen and oxygen atoms in total. The van der Waals surface area contributed by atoms with E-state index >= 15 is 0 Å². The summed E-state index contributed by atoms with van der Waals surface area (Å²) in [5.41, 5.74) is 13.1. The number of nitrogens with two attached hydrogens (primary N) is 1. The lowest BCUT2D eigenvalue weighted by molar-refractivity contribution is 1.31. The molecule has 0 radical (unpaired) electrons. The molecule has 22 heavy (non-hydrogen) atoms. The van der Waals surface area contributed by atoms with E-state index in [1.807, 2.05) is 55.5 Å². The molecule has 0 aliphatic carbocycles. The molecule has 0 atom stereocenters. The van der Waals surface area contributed by atoms with Crippen molar-refractivity contribution in [3.8, 4) is 0 Å². The molecule has 1 heterocycles. The van der Waals surface area contributed by atoms with Crippen molar-refractivity contribution in [2.24, 2.45) is 5.10 Å². The number of nitrogens with one attached hydrogen (secondary N) is 1.